The molecule has 0 unspecified atom stereocenters. The van der Waals surface area contributed by atoms with Crippen LogP contribution in [-0.2, 0) is 0 Å². The molecule has 1 aromatic rings. The number of hydrogen-bond acceptors (Lipinski definition) is 4. The fraction of sp³-hybridized carbons (Fsp3) is 0.429. The average Bonchev–Trinajstić information content (AvgIpc) is 2.04. The molecule has 0 heterocycles. The smallest absolute Gasteiger partial charge is 0.223 e. The summed E-state index contributed by atoms with van der Waals surface area (Å²) in [5, 5.41) is 2.99. The molecular formula is C7H10N2OS. The van der Waals surface area contributed by atoms with E-state index in [1.807, 2.05) is 6.92 Å². The van der Waals surface area contributed by atoms with E-state index in [0.29, 0.717) is 10.2 Å². The highest BCUT2D eigenvalue weighted by molar-refractivity contribution is 7.71. The van der Waals surface area contributed by atoms with Crippen molar-refractivity contribution >= 4 is 23.6 Å². The minimum Gasteiger partial charge on any atom is -0.394 e. The minimum absolute atomic E-state index is 0.196. The maximum atomic E-state index is 10.8. The van der Waals surface area contributed by atoms with E-state index in [9.17, 15) is 4.79 Å². The predicted octanol–water partition coefficient (Wildman–Crippen LogP) is 1.06. The van der Waals surface area contributed by atoms with Crippen LogP contribution >= 0.6 is 12.2 Å². The van der Waals surface area contributed by atoms with Crippen LogP contribution in [0.25, 0.3) is 0 Å². The third-order valence-corrected chi connectivity index (χ3v) is 1.89. The Hall–Kier alpha value is -0.900. The summed E-state index contributed by atoms with van der Waals surface area (Å²) in [4.78, 5) is 10.8. The molecule has 0 aliphatic rings. The summed E-state index contributed by atoms with van der Waals surface area (Å²) in [7, 11) is 0. The maximum absolute atomic E-state index is 10.8. The largest absolute Gasteiger partial charge is 0.394 e. The Morgan fingerprint density at radius 3 is 2.73 bits per heavy atom. The molecule has 1 aromatic carbocycles. The van der Waals surface area contributed by atoms with Gasteiger partial charge in [0.15, 0.2) is 0 Å². The lowest BCUT2D eigenvalue weighted by molar-refractivity contribution is 0.977. The van der Waals surface area contributed by atoms with E-state index in [1.165, 1.54) is 0 Å². The van der Waals surface area contributed by atoms with Crippen LogP contribution in [0.15, 0.2) is 4.79 Å². The summed E-state index contributed by atoms with van der Waals surface area (Å²) in [6, 6.07) is 0. The Morgan fingerprint density at radius 1 is 1.64 bits per heavy atom. The van der Waals surface area contributed by atoms with Crippen LogP contribution in [0.3, 0.4) is 0 Å². The van der Waals surface area contributed by atoms with Crippen LogP contribution in [-0.4, -0.2) is 6.54 Å². The maximum Gasteiger partial charge on any atom is 0.223 e. The Morgan fingerprint density at radius 2 is 2.27 bits per heavy atom. The second kappa shape index (κ2) is 3.00. The average molecular weight is 170 g/mol. The highest BCUT2D eigenvalue weighted by Gasteiger charge is 2.12. The third-order valence-electron chi connectivity index (χ3n) is 1.50. The van der Waals surface area contributed by atoms with Crippen molar-refractivity contribution in [3.63, 3.8) is 0 Å². The number of rotatable bonds is 3. The summed E-state index contributed by atoms with van der Waals surface area (Å²) in [5.41, 5.74) is 6.12. The molecule has 0 bridgehead atoms. The predicted molar refractivity (Wildman–Crippen MR) is 49.1 cm³/mol. The SMILES string of the molecule is CCCNc1c(N)c(=O)c1=S. The highest BCUT2D eigenvalue weighted by atomic mass is 32.1. The number of hydrogen-bond donors (Lipinski definition) is 2. The van der Waals surface area contributed by atoms with Gasteiger partial charge in [0.1, 0.15) is 10.2 Å². The summed E-state index contributed by atoms with van der Waals surface area (Å²) in [5.74, 6) is 0. The van der Waals surface area contributed by atoms with E-state index in [2.05, 4.69) is 5.32 Å². The van der Waals surface area contributed by atoms with Crippen LogP contribution in [0.5, 0.6) is 0 Å². The van der Waals surface area contributed by atoms with Crippen LogP contribution in [0.4, 0.5) is 11.4 Å². The standard InChI is InChI=1S/C7H10N2OS/c1-2-3-9-5-4(8)6(10)7(5)11/h9H,2-3,8H2,1H3. The Balaban J connectivity index is 2.75. The van der Waals surface area contributed by atoms with Gasteiger partial charge in [0.2, 0.25) is 5.43 Å². The van der Waals surface area contributed by atoms with Crippen molar-refractivity contribution in [2.24, 2.45) is 0 Å². The Kier molecular flexibility index (Phi) is 2.24. The molecule has 0 atom stereocenters. The molecule has 0 aliphatic carbocycles. The molecule has 3 N–H and O–H groups in total. The fourth-order valence-electron chi connectivity index (χ4n) is 0.835. The van der Waals surface area contributed by atoms with Gasteiger partial charge in [-0.3, -0.25) is 4.79 Å². The second-order valence-electron chi connectivity index (χ2n) is 2.37. The first kappa shape index (κ1) is 8.20. The van der Waals surface area contributed by atoms with Gasteiger partial charge in [-0.2, -0.15) is 0 Å². The molecule has 3 nitrogen and oxygen atoms in total. The molecular weight excluding hydrogens is 160 g/mol. The number of nitrogen functional groups attached to an aromatic ring is 1. The van der Waals surface area contributed by atoms with Gasteiger partial charge in [-0.05, 0) is 6.42 Å². The zero-order chi connectivity index (χ0) is 8.43. The molecule has 11 heavy (non-hydrogen) atoms. The number of anilines is 2. The molecule has 0 saturated carbocycles. The van der Waals surface area contributed by atoms with E-state index < -0.39 is 0 Å². The molecule has 0 saturated heterocycles. The molecule has 0 amide bonds. The molecule has 0 spiro atoms. The first-order valence-corrected chi connectivity index (χ1v) is 3.92. The monoisotopic (exact) mass is 170 g/mol. The quantitative estimate of drug-likeness (QED) is 0.666. The van der Waals surface area contributed by atoms with E-state index in [-0.39, 0.29) is 11.1 Å². The van der Waals surface area contributed by atoms with E-state index in [0.717, 1.165) is 13.0 Å². The second-order valence-corrected chi connectivity index (χ2v) is 2.78. The van der Waals surface area contributed by atoms with Crippen molar-refractivity contribution < 1.29 is 0 Å². The molecule has 0 aromatic heterocycles. The highest BCUT2D eigenvalue weighted by Crippen LogP contribution is 2.18. The van der Waals surface area contributed by atoms with E-state index >= 15 is 0 Å². The van der Waals surface area contributed by atoms with E-state index in [4.69, 9.17) is 18.0 Å². The van der Waals surface area contributed by atoms with Crippen molar-refractivity contribution in [1.82, 2.24) is 0 Å². The molecule has 0 radical (unpaired) electrons. The molecule has 4 heteroatoms. The summed E-state index contributed by atoms with van der Waals surface area (Å²) < 4.78 is 0.343. The van der Waals surface area contributed by atoms with Gasteiger partial charge in [0.05, 0.1) is 5.69 Å². The summed E-state index contributed by atoms with van der Waals surface area (Å²) in [6.07, 6.45) is 0.994. The Labute approximate surface area is 69.9 Å². The number of nitrogens with one attached hydrogen (secondary N) is 1. The topological polar surface area (TPSA) is 55.1 Å². The first-order valence-electron chi connectivity index (χ1n) is 3.51. The van der Waals surface area contributed by atoms with Crippen LogP contribution in [0.2, 0.25) is 0 Å². The van der Waals surface area contributed by atoms with Crippen molar-refractivity contribution in [1.29, 1.82) is 0 Å². The van der Waals surface area contributed by atoms with Crippen LogP contribution < -0.4 is 16.5 Å². The third kappa shape index (κ3) is 1.26. The van der Waals surface area contributed by atoms with Gasteiger partial charge in [0.25, 0.3) is 0 Å². The lowest BCUT2D eigenvalue weighted by Crippen LogP contribution is -2.20. The number of nitrogens with two attached hydrogens (primary N) is 1. The fourth-order valence-corrected chi connectivity index (χ4v) is 1.13. The lowest BCUT2D eigenvalue weighted by Gasteiger charge is -2.09. The molecule has 0 aliphatic heterocycles. The molecule has 0 fully saturated rings. The summed E-state index contributed by atoms with van der Waals surface area (Å²) >= 11 is 4.77. The molecule has 60 valence electrons. The van der Waals surface area contributed by atoms with Gasteiger partial charge in [-0.15, -0.1) is 0 Å². The van der Waals surface area contributed by atoms with Crippen molar-refractivity contribution in [2.75, 3.05) is 17.6 Å². The van der Waals surface area contributed by atoms with Gasteiger partial charge >= 0.3 is 0 Å². The first-order chi connectivity index (χ1) is 5.18. The normalized spacial score (nSPS) is 10.3. The molecule has 1 rings (SSSR count). The zero-order valence-corrected chi connectivity index (χ0v) is 7.12. The van der Waals surface area contributed by atoms with Gasteiger partial charge < -0.3 is 11.1 Å². The summed E-state index contributed by atoms with van der Waals surface area (Å²) in [6.45, 7) is 2.84. The Bertz CT molecular complexity index is 325. The van der Waals surface area contributed by atoms with Gasteiger partial charge in [0, 0.05) is 6.54 Å². The van der Waals surface area contributed by atoms with Gasteiger partial charge in [-0.1, -0.05) is 19.1 Å². The van der Waals surface area contributed by atoms with Crippen molar-refractivity contribution in [3.05, 3.63) is 14.7 Å². The van der Waals surface area contributed by atoms with Crippen LogP contribution in [0, 0.1) is 4.51 Å². The zero-order valence-electron chi connectivity index (χ0n) is 6.31. The van der Waals surface area contributed by atoms with Crippen molar-refractivity contribution in [2.45, 2.75) is 13.3 Å². The van der Waals surface area contributed by atoms with Gasteiger partial charge in [-0.25, -0.2) is 0 Å². The minimum atomic E-state index is -0.196. The van der Waals surface area contributed by atoms with Crippen LogP contribution in [0.1, 0.15) is 13.3 Å². The lowest BCUT2D eigenvalue weighted by atomic mass is 10.2. The van der Waals surface area contributed by atoms with Crippen molar-refractivity contribution in [3.8, 4) is 0 Å². The van der Waals surface area contributed by atoms with E-state index in [1.54, 1.807) is 0 Å².